The number of nitrogens with one attached hydrogen (secondary N) is 3. The lowest BCUT2D eigenvalue weighted by atomic mass is 10.3. The van der Waals surface area contributed by atoms with Crippen molar-refractivity contribution in [3.05, 3.63) is 22.2 Å². The second-order valence-electron chi connectivity index (χ2n) is 4.09. The maximum Gasteiger partial charge on any atom is 0.276 e. The Balaban J connectivity index is 2.73. The molecular weight excluding hydrogens is 262 g/mol. The van der Waals surface area contributed by atoms with E-state index in [1.54, 1.807) is 0 Å². The number of pyridine rings is 1. The van der Waals surface area contributed by atoms with Crippen LogP contribution in [0.5, 0.6) is 0 Å². The molecule has 0 aliphatic heterocycles. The number of carbonyl (C=O) groups is 1. The van der Waals surface area contributed by atoms with Crippen molar-refractivity contribution in [2.75, 3.05) is 30.3 Å². The quantitative estimate of drug-likeness (QED) is 0.490. The van der Waals surface area contributed by atoms with E-state index in [4.69, 9.17) is 0 Å². The number of amides is 1. The summed E-state index contributed by atoms with van der Waals surface area (Å²) in [5.74, 6) is 0.519. The third-order valence-electron chi connectivity index (χ3n) is 2.38. The van der Waals surface area contributed by atoms with Gasteiger partial charge in [-0.1, -0.05) is 6.92 Å². The zero-order chi connectivity index (χ0) is 15.0. The van der Waals surface area contributed by atoms with E-state index in [1.807, 2.05) is 13.8 Å². The summed E-state index contributed by atoms with van der Waals surface area (Å²) in [6, 6.07) is 2.65. The molecule has 1 amide bonds. The van der Waals surface area contributed by atoms with E-state index >= 15 is 0 Å². The molecule has 1 heterocycles. The molecule has 0 radical (unpaired) electrons. The number of nitrogens with zero attached hydrogens (tertiary/aromatic N) is 2. The van der Waals surface area contributed by atoms with Gasteiger partial charge >= 0.3 is 0 Å². The highest BCUT2D eigenvalue weighted by atomic mass is 16.6. The van der Waals surface area contributed by atoms with E-state index in [1.165, 1.54) is 12.1 Å². The maximum absolute atomic E-state index is 11.5. The first kappa shape index (κ1) is 15.7. The van der Waals surface area contributed by atoms with Crippen molar-refractivity contribution in [3.8, 4) is 0 Å². The fraction of sp³-hybridized carbons (Fsp3) is 0.500. The van der Waals surface area contributed by atoms with Crippen molar-refractivity contribution in [2.24, 2.45) is 0 Å². The summed E-state index contributed by atoms with van der Waals surface area (Å²) in [5, 5.41) is 19.2. The molecule has 8 nitrogen and oxygen atoms in total. The van der Waals surface area contributed by atoms with Gasteiger partial charge in [-0.05, 0) is 13.3 Å². The highest BCUT2D eigenvalue weighted by Gasteiger charge is 2.11. The molecule has 0 atom stereocenters. The molecule has 1 rings (SSSR count). The van der Waals surface area contributed by atoms with Crippen LogP contribution >= 0.6 is 0 Å². The van der Waals surface area contributed by atoms with Gasteiger partial charge in [0.1, 0.15) is 11.6 Å². The monoisotopic (exact) mass is 281 g/mol. The average Bonchev–Trinajstić information content (AvgIpc) is 2.43. The lowest BCUT2D eigenvalue weighted by Crippen LogP contribution is -2.30. The third kappa shape index (κ3) is 5.09. The van der Waals surface area contributed by atoms with Gasteiger partial charge in [0, 0.05) is 13.1 Å². The van der Waals surface area contributed by atoms with Crippen molar-refractivity contribution < 1.29 is 9.72 Å². The molecule has 0 spiro atoms. The van der Waals surface area contributed by atoms with E-state index in [2.05, 4.69) is 20.9 Å². The minimum atomic E-state index is -0.495. The highest BCUT2D eigenvalue weighted by molar-refractivity contribution is 5.80. The van der Waals surface area contributed by atoms with Gasteiger partial charge in [-0.2, -0.15) is 0 Å². The standard InChI is InChI=1S/C12H19N5O3/c1-3-5-14-12(18)8-15-11-7-9(17(19)20)6-10(16-11)13-4-2/h6-7H,3-5,8H2,1-2H3,(H,14,18)(H2,13,15,16). The van der Waals surface area contributed by atoms with Gasteiger partial charge in [0.05, 0.1) is 23.6 Å². The van der Waals surface area contributed by atoms with Crippen molar-refractivity contribution in [1.82, 2.24) is 10.3 Å². The van der Waals surface area contributed by atoms with Gasteiger partial charge in [0.2, 0.25) is 5.91 Å². The Hall–Kier alpha value is -2.38. The van der Waals surface area contributed by atoms with Crippen molar-refractivity contribution in [3.63, 3.8) is 0 Å². The summed E-state index contributed by atoms with van der Waals surface area (Å²) in [5.41, 5.74) is -0.0765. The first-order valence-corrected chi connectivity index (χ1v) is 6.47. The Morgan fingerprint density at radius 2 is 1.95 bits per heavy atom. The number of nitro groups is 1. The van der Waals surface area contributed by atoms with Crippen LogP contribution in [-0.2, 0) is 4.79 Å². The minimum absolute atomic E-state index is 0.0275. The van der Waals surface area contributed by atoms with Crippen LogP contribution in [0.3, 0.4) is 0 Å². The van der Waals surface area contributed by atoms with Gasteiger partial charge in [0.25, 0.3) is 5.69 Å². The molecule has 0 aliphatic rings. The van der Waals surface area contributed by atoms with E-state index in [9.17, 15) is 14.9 Å². The van der Waals surface area contributed by atoms with Crippen LogP contribution in [0.25, 0.3) is 0 Å². The molecule has 0 bridgehead atoms. The fourth-order valence-corrected chi connectivity index (χ4v) is 1.48. The first-order chi connectivity index (χ1) is 9.56. The summed E-state index contributed by atoms with van der Waals surface area (Å²) in [6.07, 6.45) is 0.853. The largest absolute Gasteiger partial charge is 0.370 e. The number of carbonyl (C=O) groups excluding carboxylic acids is 1. The Morgan fingerprint density at radius 1 is 1.30 bits per heavy atom. The van der Waals surface area contributed by atoms with Crippen LogP contribution in [0.1, 0.15) is 20.3 Å². The Bertz CT molecular complexity index is 478. The molecule has 110 valence electrons. The second kappa shape index (κ2) is 7.93. The molecule has 20 heavy (non-hydrogen) atoms. The lowest BCUT2D eigenvalue weighted by molar-refractivity contribution is -0.384. The second-order valence-corrected chi connectivity index (χ2v) is 4.09. The number of anilines is 2. The van der Waals surface area contributed by atoms with Crippen molar-refractivity contribution >= 4 is 23.2 Å². The molecule has 8 heteroatoms. The van der Waals surface area contributed by atoms with Crippen LogP contribution < -0.4 is 16.0 Å². The predicted octanol–water partition coefficient (Wildman–Crippen LogP) is 1.36. The molecule has 0 fully saturated rings. The highest BCUT2D eigenvalue weighted by Crippen LogP contribution is 2.20. The Labute approximate surface area is 117 Å². The molecule has 1 aromatic heterocycles. The van der Waals surface area contributed by atoms with E-state index in [0.717, 1.165) is 6.42 Å². The molecule has 1 aromatic rings. The molecule has 0 saturated heterocycles. The van der Waals surface area contributed by atoms with Gasteiger partial charge < -0.3 is 16.0 Å². The smallest absolute Gasteiger partial charge is 0.276 e. The van der Waals surface area contributed by atoms with E-state index < -0.39 is 4.92 Å². The van der Waals surface area contributed by atoms with Crippen molar-refractivity contribution in [2.45, 2.75) is 20.3 Å². The van der Waals surface area contributed by atoms with Crippen LogP contribution in [0.4, 0.5) is 17.3 Å². The van der Waals surface area contributed by atoms with Crippen LogP contribution in [0.15, 0.2) is 12.1 Å². The SMILES string of the molecule is CCCNC(=O)CNc1cc([N+](=O)[O-])cc(NCC)n1. The zero-order valence-corrected chi connectivity index (χ0v) is 11.6. The van der Waals surface area contributed by atoms with Crippen LogP contribution in [0.2, 0.25) is 0 Å². The van der Waals surface area contributed by atoms with Crippen molar-refractivity contribution in [1.29, 1.82) is 0 Å². The van der Waals surface area contributed by atoms with Crippen LogP contribution in [-0.4, -0.2) is 35.4 Å². The summed E-state index contributed by atoms with van der Waals surface area (Å²) in [7, 11) is 0. The molecule has 0 unspecified atom stereocenters. The fourth-order valence-electron chi connectivity index (χ4n) is 1.48. The summed E-state index contributed by atoms with van der Waals surface area (Å²) >= 11 is 0. The molecule has 0 aromatic carbocycles. The normalized spacial score (nSPS) is 9.90. The zero-order valence-electron chi connectivity index (χ0n) is 11.6. The first-order valence-electron chi connectivity index (χ1n) is 6.47. The summed E-state index contributed by atoms with van der Waals surface area (Å²) in [6.45, 7) is 5.06. The lowest BCUT2D eigenvalue weighted by Gasteiger charge is -2.08. The van der Waals surface area contributed by atoms with E-state index in [-0.39, 0.29) is 18.1 Å². The summed E-state index contributed by atoms with van der Waals surface area (Å²) in [4.78, 5) is 25.9. The minimum Gasteiger partial charge on any atom is -0.370 e. The van der Waals surface area contributed by atoms with E-state index in [0.29, 0.717) is 24.7 Å². The predicted molar refractivity (Wildman–Crippen MR) is 76.8 cm³/mol. The Kier molecular flexibility index (Phi) is 6.21. The summed E-state index contributed by atoms with van der Waals surface area (Å²) < 4.78 is 0. The number of hydrogen-bond acceptors (Lipinski definition) is 6. The van der Waals surface area contributed by atoms with Gasteiger partial charge in [0.15, 0.2) is 0 Å². The Morgan fingerprint density at radius 3 is 2.50 bits per heavy atom. The third-order valence-corrected chi connectivity index (χ3v) is 2.38. The van der Waals surface area contributed by atoms with Crippen LogP contribution in [0, 0.1) is 10.1 Å². The number of hydrogen-bond donors (Lipinski definition) is 3. The van der Waals surface area contributed by atoms with Gasteiger partial charge in [-0.3, -0.25) is 14.9 Å². The number of aromatic nitrogens is 1. The average molecular weight is 281 g/mol. The molecule has 0 saturated carbocycles. The topological polar surface area (TPSA) is 109 Å². The molecule has 0 aliphatic carbocycles. The van der Waals surface area contributed by atoms with Gasteiger partial charge in [-0.25, -0.2) is 4.98 Å². The maximum atomic E-state index is 11.5. The molecule has 3 N–H and O–H groups in total. The van der Waals surface area contributed by atoms with Gasteiger partial charge in [-0.15, -0.1) is 0 Å². The molecular formula is C12H19N5O3. The number of rotatable bonds is 8.